The molecular weight excluding hydrogens is 417 g/mol. The summed E-state index contributed by atoms with van der Waals surface area (Å²) in [6, 6.07) is 13.5. The lowest BCUT2D eigenvalue weighted by Crippen LogP contribution is -2.40. The van der Waals surface area contributed by atoms with Crippen molar-refractivity contribution in [2.45, 2.75) is 63.5 Å². The van der Waals surface area contributed by atoms with Crippen LogP contribution in [-0.4, -0.2) is 42.4 Å². The summed E-state index contributed by atoms with van der Waals surface area (Å²) in [5, 5.41) is 13.4. The van der Waals surface area contributed by atoms with Crippen LogP contribution in [0.5, 0.6) is 5.75 Å². The molecule has 2 aromatic carbocycles. The maximum Gasteiger partial charge on any atom is 0.416 e. The number of rotatable bonds is 10. The fourth-order valence-corrected chi connectivity index (χ4v) is 4.29. The van der Waals surface area contributed by atoms with E-state index in [1.807, 2.05) is 24.3 Å². The van der Waals surface area contributed by atoms with Gasteiger partial charge in [0.1, 0.15) is 18.5 Å². The summed E-state index contributed by atoms with van der Waals surface area (Å²) >= 11 is 0. The van der Waals surface area contributed by atoms with Crippen molar-refractivity contribution in [2.24, 2.45) is 0 Å². The molecule has 0 unspecified atom stereocenters. The second kappa shape index (κ2) is 11.7. The first-order valence-corrected chi connectivity index (χ1v) is 11.3. The number of nitrogens with zero attached hydrogens (tertiary/aromatic N) is 1. The number of likely N-dealkylation sites (N-methyl/N-ethyl adjacent to an activating group) is 1. The van der Waals surface area contributed by atoms with Crippen LogP contribution in [0.25, 0.3) is 0 Å². The van der Waals surface area contributed by atoms with Crippen LogP contribution in [0.4, 0.5) is 13.2 Å². The molecule has 0 spiro atoms. The van der Waals surface area contributed by atoms with Gasteiger partial charge in [-0.25, -0.2) is 0 Å². The monoisotopic (exact) mass is 450 g/mol. The molecule has 2 aromatic rings. The molecule has 4 nitrogen and oxygen atoms in total. The predicted molar refractivity (Wildman–Crippen MR) is 119 cm³/mol. The van der Waals surface area contributed by atoms with E-state index in [1.165, 1.54) is 44.2 Å². The summed E-state index contributed by atoms with van der Waals surface area (Å²) < 4.78 is 45.1. The maximum absolute atomic E-state index is 13.1. The van der Waals surface area contributed by atoms with Gasteiger partial charge in [-0.1, -0.05) is 49.6 Å². The van der Waals surface area contributed by atoms with Crippen LogP contribution in [0.1, 0.15) is 48.8 Å². The number of alkyl halides is 3. The number of hydrogen-bond donors (Lipinski definition) is 2. The third-order valence-corrected chi connectivity index (χ3v) is 6.00. The summed E-state index contributed by atoms with van der Waals surface area (Å²) in [7, 11) is 2.06. The van der Waals surface area contributed by atoms with E-state index < -0.39 is 17.8 Å². The standard InChI is InChI=1S/C25H33F3N2O2/c1-30(21-10-3-2-4-11-21)17-22(31)18-32-23-12-7-8-19(14-23)15-29-16-20-9-5-6-13-24(20)25(26,27)28/h5-9,12-14,21-22,29,31H,2-4,10-11,15-18H2,1H3/t22-/m0/s1. The van der Waals surface area contributed by atoms with Crippen molar-refractivity contribution in [1.29, 1.82) is 0 Å². The van der Waals surface area contributed by atoms with Crippen molar-refractivity contribution in [3.63, 3.8) is 0 Å². The molecule has 0 bridgehead atoms. The third-order valence-electron chi connectivity index (χ3n) is 6.00. The predicted octanol–water partition coefficient (Wildman–Crippen LogP) is 5.00. The average Bonchev–Trinajstić information content (AvgIpc) is 2.78. The van der Waals surface area contributed by atoms with Gasteiger partial charge in [0.15, 0.2) is 0 Å². The van der Waals surface area contributed by atoms with E-state index in [9.17, 15) is 18.3 Å². The second-order valence-corrected chi connectivity index (χ2v) is 8.60. The number of aliphatic hydroxyl groups is 1. The van der Waals surface area contributed by atoms with Gasteiger partial charge in [-0.3, -0.25) is 0 Å². The summed E-state index contributed by atoms with van der Waals surface area (Å²) in [5.41, 5.74) is 0.509. The van der Waals surface area contributed by atoms with E-state index in [0.717, 1.165) is 11.6 Å². The average molecular weight is 451 g/mol. The Hall–Kier alpha value is -2.09. The van der Waals surface area contributed by atoms with Crippen molar-refractivity contribution >= 4 is 0 Å². The molecule has 0 radical (unpaired) electrons. The summed E-state index contributed by atoms with van der Waals surface area (Å²) in [6.07, 6.45) is 1.24. The molecule has 1 fully saturated rings. The number of ether oxygens (including phenoxy) is 1. The number of halogens is 3. The maximum atomic E-state index is 13.1. The van der Waals surface area contributed by atoms with Gasteiger partial charge in [0.2, 0.25) is 0 Å². The minimum atomic E-state index is -4.36. The Morgan fingerprint density at radius 2 is 1.81 bits per heavy atom. The molecule has 3 rings (SSSR count). The van der Waals surface area contributed by atoms with Crippen molar-refractivity contribution < 1.29 is 23.0 Å². The molecule has 1 atom stereocenters. The quantitative estimate of drug-likeness (QED) is 0.535. The van der Waals surface area contributed by atoms with Crippen LogP contribution in [-0.2, 0) is 19.3 Å². The molecule has 0 aliphatic heterocycles. The number of hydrogen-bond acceptors (Lipinski definition) is 4. The highest BCUT2D eigenvalue weighted by Gasteiger charge is 2.32. The van der Waals surface area contributed by atoms with Gasteiger partial charge in [0.05, 0.1) is 5.56 Å². The van der Waals surface area contributed by atoms with Crippen molar-refractivity contribution in [1.82, 2.24) is 10.2 Å². The first-order chi connectivity index (χ1) is 15.3. The van der Waals surface area contributed by atoms with E-state index in [4.69, 9.17) is 4.74 Å². The third kappa shape index (κ3) is 7.50. The zero-order chi connectivity index (χ0) is 23.0. The molecule has 1 aliphatic rings. The van der Waals surface area contributed by atoms with Crippen molar-refractivity contribution in [3.8, 4) is 5.75 Å². The van der Waals surface area contributed by atoms with E-state index in [1.54, 1.807) is 6.07 Å². The zero-order valence-corrected chi connectivity index (χ0v) is 18.6. The van der Waals surface area contributed by atoms with Crippen LogP contribution in [0.2, 0.25) is 0 Å². The van der Waals surface area contributed by atoms with Gasteiger partial charge in [-0.2, -0.15) is 13.2 Å². The molecule has 7 heteroatoms. The van der Waals surface area contributed by atoms with Crippen LogP contribution in [0, 0.1) is 0 Å². The van der Waals surface area contributed by atoms with Crippen LogP contribution in [0.15, 0.2) is 48.5 Å². The first kappa shape index (κ1) is 24.6. The second-order valence-electron chi connectivity index (χ2n) is 8.60. The van der Waals surface area contributed by atoms with Gasteiger partial charge in [-0.15, -0.1) is 0 Å². The number of nitrogens with one attached hydrogen (secondary N) is 1. The van der Waals surface area contributed by atoms with Gasteiger partial charge >= 0.3 is 6.18 Å². The molecule has 1 aliphatic carbocycles. The van der Waals surface area contributed by atoms with Crippen LogP contribution in [0.3, 0.4) is 0 Å². The largest absolute Gasteiger partial charge is 0.491 e. The number of benzene rings is 2. The van der Waals surface area contributed by atoms with Crippen molar-refractivity contribution in [3.05, 3.63) is 65.2 Å². The van der Waals surface area contributed by atoms with Gasteiger partial charge < -0.3 is 20.1 Å². The summed E-state index contributed by atoms with van der Waals surface area (Å²) in [4.78, 5) is 2.23. The molecule has 176 valence electrons. The van der Waals surface area contributed by atoms with E-state index in [2.05, 4.69) is 17.3 Å². The lowest BCUT2D eigenvalue weighted by molar-refractivity contribution is -0.138. The Bertz CT molecular complexity index is 838. The van der Waals surface area contributed by atoms with E-state index in [0.29, 0.717) is 24.9 Å². The first-order valence-electron chi connectivity index (χ1n) is 11.3. The Morgan fingerprint density at radius 3 is 2.56 bits per heavy atom. The molecule has 1 saturated carbocycles. The topological polar surface area (TPSA) is 44.7 Å². The van der Waals surface area contributed by atoms with E-state index in [-0.39, 0.29) is 18.7 Å². The number of aliphatic hydroxyl groups excluding tert-OH is 1. The Morgan fingerprint density at radius 1 is 1.06 bits per heavy atom. The smallest absolute Gasteiger partial charge is 0.416 e. The minimum absolute atomic E-state index is 0.118. The molecule has 32 heavy (non-hydrogen) atoms. The summed E-state index contributed by atoms with van der Waals surface area (Å²) in [6.45, 7) is 1.31. The molecule has 0 amide bonds. The Labute approximate surface area is 188 Å². The van der Waals surface area contributed by atoms with Crippen LogP contribution >= 0.6 is 0 Å². The van der Waals surface area contributed by atoms with Crippen molar-refractivity contribution in [2.75, 3.05) is 20.2 Å². The fourth-order valence-electron chi connectivity index (χ4n) is 4.29. The lowest BCUT2D eigenvalue weighted by atomic mass is 9.94. The zero-order valence-electron chi connectivity index (χ0n) is 18.6. The Balaban J connectivity index is 1.45. The highest BCUT2D eigenvalue weighted by molar-refractivity contribution is 5.30. The molecular formula is C25H33F3N2O2. The molecule has 2 N–H and O–H groups in total. The highest BCUT2D eigenvalue weighted by atomic mass is 19.4. The molecule has 0 heterocycles. The Kier molecular flexibility index (Phi) is 8.96. The highest BCUT2D eigenvalue weighted by Crippen LogP contribution is 2.31. The normalized spacial score (nSPS) is 16.3. The molecule has 0 saturated heterocycles. The lowest BCUT2D eigenvalue weighted by Gasteiger charge is -2.32. The molecule has 0 aromatic heterocycles. The van der Waals surface area contributed by atoms with E-state index >= 15 is 0 Å². The van der Waals surface area contributed by atoms with Crippen LogP contribution < -0.4 is 10.1 Å². The fraction of sp³-hybridized carbons (Fsp3) is 0.520. The SMILES string of the molecule is CN(C[C@H](O)COc1cccc(CNCc2ccccc2C(F)(F)F)c1)C1CCCCC1. The van der Waals surface area contributed by atoms with Gasteiger partial charge in [-0.05, 0) is 49.2 Å². The summed E-state index contributed by atoms with van der Waals surface area (Å²) in [5.74, 6) is 0.638. The van der Waals surface area contributed by atoms with Gasteiger partial charge in [0, 0.05) is 25.7 Å². The van der Waals surface area contributed by atoms with Gasteiger partial charge in [0.25, 0.3) is 0 Å². The minimum Gasteiger partial charge on any atom is -0.491 e.